The first-order valence-electron chi connectivity index (χ1n) is 8.23. The number of hydrogen-bond acceptors (Lipinski definition) is 4. The molecule has 0 bridgehead atoms. The standard InChI is InChI=1S/C21H16N2O2S/c24-21(14-16-13-19(25-23-16)20-11-6-12-26-20)22-18-10-5-4-9-17(18)15-7-2-1-3-8-15/h1-13H,14H2,(H,22,24). The lowest BCUT2D eigenvalue weighted by molar-refractivity contribution is -0.115. The Morgan fingerprint density at radius 2 is 1.81 bits per heavy atom. The van der Waals surface area contributed by atoms with Crippen LogP contribution in [0, 0.1) is 0 Å². The number of rotatable bonds is 5. The Morgan fingerprint density at radius 3 is 2.62 bits per heavy atom. The van der Waals surface area contributed by atoms with Gasteiger partial charge in [0.1, 0.15) is 0 Å². The molecule has 0 unspecified atom stereocenters. The minimum absolute atomic E-state index is 0.126. The third kappa shape index (κ3) is 3.58. The van der Waals surface area contributed by atoms with Gasteiger partial charge in [-0.15, -0.1) is 11.3 Å². The van der Waals surface area contributed by atoms with E-state index in [4.69, 9.17) is 4.52 Å². The van der Waals surface area contributed by atoms with Crippen LogP contribution in [-0.4, -0.2) is 11.1 Å². The summed E-state index contributed by atoms with van der Waals surface area (Å²) in [4.78, 5) is 13.5. The summed E-state index contributed by atoms with van der Waals surface area (Å²) in [5, 5.41) is 8.97. The SMILES string of the molecule is O=C(Cc1cc(-c2cccs2)on1)Nc1ccccc1-c1ccccc1. The number of thiophene rings is 1. The predicted octanol–water partition coefficient (Wildman–Crippen LogP) is 5.25. The van der Waals surface area contributed by atoms with Crippen LogP contribution in [0.25, 0.3) is 21.8 Å². The summed E-state index contributed by atoms with van der Waals surface area (Å²) in [6.07, 6.45) is 0.165. The molecule has 1 amide bonds. The molecule has 0 aliphatic carbocycles. The molecule has 4 aromatic rings. The number of nitrogens with one attached hydrogen (secondary N) is 1. The maximum Gasteiger partial charge on any atom is 0.230 e. The average molecular weight is 360 g/mol. The lowest BCUT2D eigenvalue weighted by Crippen LogP contribution is -2.15. The van der Waals surface area contributed by atoms with Gasteiger partial charge in [-0.3, -0.25) is 4.79 Å². The Bertz CT molecular complexity index is 1010. The van der Waals surface area contributed by atoms with E-state index in [1.807, 2.05) is 78.2 Å². The second-order valence-corrected chi connectivity index (χ2v) is 6.74. The number of benzene rings is 2. The number of para-hydroxylation sites is 1. The fourth-order valence-electron chi connectivity index (χ4n) is 2.75. The smallest absolute Gasteiger partial charge is 0.230 e. The maximum absolute atomic E-state index is 12.5. The summed E-state index contributed by atoms with van der Waals surface area (Å²) >= 11 is 1.58. The van der Waals surface area contributed by atoms with Gasteiger partial charge in [0.2, 0.25) is 5.91 Å². The first-order valence-corrected chi connectivity index (χ1v) is 9.11. The molecule has 2 heterocycles. The molecule has 0 fully saturated rings. The van der Waals surface area contributed by atoms with Gasteiger partial charge in [-0.05, 0) is 23.1 Å². The molecule has 2 aromatic carbocycles. The summed E-state index contributed by atoms with van der Waals surface area (Å²) < 4.78 is 5.33. The third-order valence-electron chi connectivity index (χ3n) is 3.95. The van der Waals surface area contributed by atoms with Crippen LogP contribution >= 0.6 is 11.3 Å². The van der Waals surface area contributed by atoms with Gasteiger partial charge in [-0.25, -0.2) is 0 Å². The normalized spacial score (nSPS) is 10.6. The van der Waals surface area contributed by atoms with Crippen LogP contribution in [0.4, 0.5) is 5.69 Å². The molecule has 2 aromatic heterocycles. The molecule has 4 nitrogen and oxygen atoms in total. The van der Waals surface area contributed by atoms with Gasteiger partial charge in [0, 0.05) is 17.3 Å². The van der Waals surface area contributed by atoms with Crippen molar-refractivity contribution >= 4 is 22.9 Å². The average Bonchev–Trinajstić information content (AvgIpc) is 3.34. The Labute approximate surface area is 155 Å². The van der Waals surface area contributed by atoms with Crippen LogP contribution < -0.4 is 5.32 Å². The first kappa shape index (κ1) is 16.3. The van der Waals surface area contributed by atoms with E-state index in [1.165, 1.54) is 0 Å². The molecule has 0 aliphatic heterocycles. The molecule has 0 aliphatic rings. The molecule has 0 spiro atoms. The van der Waals surface area contributed by atoms with Crippen LogP contribution in [0.2, 0.25) is 0 Å². The Kier molecular flexibility index (Phi) is 4.62. The Hall–Kier alpha value is -3.18. The molecule has 0 saturated heterocycles. The number of nitrogens with zero attached hydrogens (tertiary/aromatic N) is 1. The lowest BCUT2D eigenvalue weighted by Gasteiger charge is -2.10. The van der Waals surface area contributed by atoms with E-state index in [1.54, 1.807) is 11.3 Å². The molecule has 0 radical (unpaired) electrons. The van der Waals surface area contributed by atoms with Gasteiger partial charge in [-0.2, -0.15) is 0 Å². The van der Waals surface area contributed by atoms with Gasteiger partial charge in [-0.1, -0.05) is 59.8 Å². The monoisotopic (exact) mass is 360 g/mol. The molecule has 0 saturated carbocycles. The van der Waals surface area contributed by atoms with Crippen molar-refractivity contribution in [3.8, 4) is 21.8 Å². The van der Waals surface area contributed by atoms with Crippen molar-refractivity contribution in [1.29, 1.82) is 0 Å². The molecule has 4 rings (SSSR count). The predicted molar refractivity (Wildman–Crippen MR) is 104 cm³/mol. The second-order valence-electron chi connectivity index (χ2n) is 5.80. The highest BCUT2D eigenvalue weighted by molar-refractivity contribution is 7.13. The van der Waals surface area contributed by atoms with Gasteiger partial charge in [0.15, 0.2) is 5.76 Å². The highest BCUT2D eigenvalue weighted by atomic mass is 32.1. The number of anilines is 1. The van der Waals surface area contributed by atoms with Crippen molar-refractivity contribution < 1.29 is 9.32 Å². The van der Waals surface area contributed by atoms with E-state index >= 15 is 0 Å². The summed E-state index contributed by atoms with van der Waals surface area (Å²) in [5.74, 6) is 0.562. The summed E-state index contributed by atoms with van der Waals surface area (Å²) in [7, 11) is 0. The van der Waals surface area contributed by atoms with Crippen LogP contribution in [0.3, 0.4) is 0 Å². The van der Waals surface area contributed by atoms with Crippen molar-refractivity contribution in [3.05, 3.63) is 83.9 Å². The number of hydrogen-bond donors (Lipinski definition) is 1. The summed E-state index contributed by atoms with van der Waals surface area (Å²) in [6, 6.07) is 23.5. The molecule has 0 atom stereocenters. The fraction of sp³-hybridized carbons (Fsp3) is 0.0476. The minimum atomic E-state index is -0.126. The molecule has 1 N–H and O–H groups in total. The number of carbonyl (C=O) groups is 1. The largest absolute Gasteiger partial charge is 0.355 e. The van der Waals surface area contributed by atoms with E-state index in [2.05, 4.69) is 10.5 Å². The molecule has 26 heavy (non-hydrogen) atoms. The van der Waals surface area contributed by atoms with Crippen molar-refractivity contribution in [2.45, 2.75) is 6.42 Å². The summed E-state index contributed by atoms with van der Waals surface area (Å²) in [5.41, 5.74) is 3.44. The fourth-order valence-corrected chi connectivity index (χ4v) is 3.42. The zero-order chi connectivity index (χ0) is 17.8. The molecule has 128 valence electrons. The first-order chi connectivity index (χ1) is 12.8. The van der Waals surface area contributed by atoms with Crippen molar-refractivity contribution in [1.82, 2.24) is 5.16 Å². The highest BCUT2D eigenvalue weighted by Crippen LogP contribution is 2.28. The Morgan fingerprint density at radius 1 is 1.00 bits per heavy atom. The zero-order valence-electron chi connectivity index (χ0n) is 13.9. The summed E-state index contributed by atoms with van der Waals surface area (Å²) in [6.45, 7) is 0. The highest BCUT2D eigenvalue weighted by Gasteiger charge is 2.13. The van der Waals surface area contributed by atoms with E-state index in [0.717, 1.165) is 21.7 Å². The van der Waals surface area contributed by atoms with E-state index in [-0.39, 0.29) is 12.3 Å². The Balaban J connectivity index is 1.49. The molecular weight excluding hydrogens is 344 g/mol. The topological polar surface area (TPSA) is 55.1 Å². The van der Waals surface area contributed by atoms with Gasteiger partial charge >= 0.3 is 0 Å². The van der Waals surface area contributed by atoms with Crippen molar-refractivity contribution in [3.63, 3.8) is 0 Å². The quantitative estimate of drug-likeness (QED) is 0.529. The minimum Gasteiger partial charge on any atom is -0.355 e. The molecular formula is C21H16N2O2S. The van der Waals surface area contributed by atoms with Crippen LogP contribution in [0.15, 0.2) is 82.7 Å². The second kappa shape index (κ2) is 7.37. The van der Waals surface area contributed by atoms with E-state index in [9.17, 15) is 4.79 Å². The lowest BCUT2D eigenvalue weighted by atomic mass is 10.0. The maximum atomic E-state index is 12.5. The van der Waals surface area contributed by atoms with Gasteiger partial charge in [0.05, 0.1) is 17.0 Å². The number of aromatic nitrogens is 1. The zero-order valence-corrected chi connectivity index (χ0v) is 14.7. The van der Waals surface area contributed by atoms with E-state index < -0.39 is 0 Å². The third-order valence-corrected chi connectivity index (χ3v) is 4.84. The van der Waals surface area contributed by atoms with Crippen LogP contribution in [0.5, 0.6) is 0 Å². The van der Waals surface area contributed by atoms with Gasteiger partial charge < -0.3 is 9.84 Å². The number of carbonyl (C=O) groups excluding carboxylic acids is 1. The van der Waals surface area contributed by atoms with Crippen LogP contribution in [-0.2, 0) is 11.2 Å². The van der Waals surface area contributed by atoms with Crippen molar-refractivity contribution in [2.75, 3.05) is 5.32 Å². The van der Waals surface area contributed by atoms with E-state index in [0.29, 0.717) is 11.5 Å². The van der Waals surface area contributed by atoms with Crippen LogP contribution in [0.1, 0.15) is 5.69 Å². The van der Waals surface area contributed by atoms with Gasteiger partial charge in [0.25, 0.3) is 0 Å². The number of amides is 1. The van der Waals surface area contributed by atoms with Crippen molar-refractivity contribution in [2.24, 2.45) is 0 Å². The molecule has 5 heteroatoms.